The summed E-state index contributed by atoms with van der Waals surface area (Å²) in [4.78, 5) is 25.1. The Hall–Kier alpha value is -2.63. The van der Waals surface area contributed by atoms with Crippen LogP contribution in [0.3, 0.4) is 0 Å². The molecule has 1 aromatic carbocycles. The SMILES string of the molecule is O=C(C[N+](=O)[O-])c1c[n+](Cc2ccccc2)ccn1. The van der Waals surface area contributed by atoms with Crippen molar-refractivity contribution >= 4 is 5.78 Å². The second-order valence-electron chi connectivity index (χ2n) is 4.01. The second-order valence-corrected chi connectivity index (χ2v) is 4.01. The van der Waals surface area contributed by atoms with Crippen LogP contribution in [-0.2, 0) is 6.54 Å². The Morgan fingerprint density at radius 3 is 2.74 bits per heavy atom. The Kier molecular flexibility index (Phi) is 3.92. The number of ketones is 1. The summed E-state index contributed by atoms with van der Waals surface area (Å²) in [6.45, 7) is -0.148. The maximum Gasteiger partial charge on any atom is 0.267 e. The molecule has 0 saturated carbocycles. The Balaban J connectivity index is 2.15. The van der Waals surface area contributed by atoms with Gasteiger partial charge in [-0.1, -0.05) is 30.3 Å². The fourth-order valence-corrected chi connectivity index (χ4v) is 1.67. The van der Waals surface area contributed by atoms with Crippen molar-refractivity contribution in [2.75, 3.05) is 6.54 Å². The molecule has 0 fully saturated rings. The first-order chi connectivity index (χ1) is 9.15. The van der Waals surface area contributed by atoms with E-state index in [1.54, 1.807) is 10.8 Å². The van der Waals surface area contributed by atoms with Crippen LogP contribution in [0.15, 0.2) is 48.9 Å². The van der Waals surface area contributed by atoms with Crippen LogP contribution in [0, 0.1) is 10.1 Å². The van der Waals surface area contributed by atoms with Crippen molar-refractivity contribution in [3.05, 3.63) is 70.3 Å². The summed E-state index contributed by atoms with van der Waals surface area (Å²) in [5.74, 6) is -0.590. The van der Waals surface area contributed by atoms with Gasteiger partial charge < -0.3 is 0 Å². The fraction of sp³-hybridized carbons (Fsp3) is 0.154. The molecule has 19 heavy (non-hydrogen) atoms. The number of Topliss-reactive ketones (excluding diaryl/α,β-unsaturated/α-hetero) is 1. The van der Waals surface area contributed by atoms with Crippen molar-refractivity contribution in [2.45, 2.75) is 6.54 Å². The molecule has 0 saturated heterocycles. The molecule has 2 rings (SSSR count). The van der Waals surface area contributed by atoms with E-state index in [1.807, 2.05) is 30.3 Å². The first-order valence-electron chi connectivity index (χ1n) is 5.69. The maximum absolute atomic E-state index is 11.5. The van der Waals surface area contributed by atoms with E-state index in [0.29, 0.717) is 6.54 Å². The van der Waals surface area contributed by atoms with E-state index < -0.39 is 17.3 Å². The lowest BCUT2D eigenvalue weighted by atomic mass is 10.2. The van der Waals surface area contributed by atoms with E-state index in [-0.39, 0.29) is 5.69 Å². The Bertz CT molecular complexity index is 599. The van der Waals surface area contributed by atoms with Crippen LogP contribution in [0.2, 0.25) is 0 Å². The van der Waals surface area contributed by atoms with Crippen LogP contribution in [0.5, 0.6) is 0 Å². The zero-order valence-corrected chi connectivity index (χ0v) is 10.1. The zero-order valence-electron chi connectivity index (χ0n) is 10.1. The number of carbonyl (C=O) groups is 1. The molecular formula is C13H12N3O3+. The summed E-state index contributed by atoms with van der Waals surface area (Å²) in [5, 5.41) is 10.3. The normalized spacial score (nSPS) is 10.1. The average molecular weight is 258 g/mol. The molecule has 0 amide bonds. The first kappa shape index (κ1) is 12.8. The van der Waals surface area contributed by atoms with Gasteiger partial charge in [0.05, 0.1) is 6.20 Å². The Morgan fingerprint density at radius 2 is 2.05 bits per heavy atom. The highest BCUT2D eigenvalue weighted by molar-refractivity contribution is 5.94. The lowest BCUT2D eigenvalue weighted by molar-refractivity contribution is -0.689. The Labute approximate surface area is 109 Å². The third-order valence-corrected chi connectivity index (χ3v) is 2.53. The zero-order chi connectivity index (χ0) is 13.7. The molecule has 0 bridgehead atoms. The number of rotatable bonds is 5. The number of hydrogen-bond donors (Lipinski definition) is 0. The molecule has 0 unspecified atom stereocenters. The summed E-state index contributed by atoms with van der Waals surface area (Å²) in [6, 6.07) is 9.70. The number of hydrogen-bond acceptors (Lipinski definition) is 4. The van der Waals surface area contributed by atoms with Gasteiger partial charge in [-0.25, -0.2) is 4.98 Å². The number of benzene rings is 1. The van der Waals surface area contributed by atoms with Gasteiger partial charge in [-0.15, -0.1) is 0 Å². The highest BCUT2D eigenvalue weighted by Gasteiger charge is 2.17. The van der Waals surface area contributed by atoms with Crippen LogP contribution in [0.25, 0.3) is 0 Å². The third-order valence-electron chi connectivity index (χ3n) is 2.53. The number of nitrogens with zero attached hydrogens (tertiary/aromatic N) is 3. The van der Waals surface area contributed by atoms with Gasteiger partial charge in [-0.05, 0) is 0 Å². The standard InChI is InChI=1S/C13H12N3O3/c17-13(10-16(18)19)12-9-15(7-6-14-12)8-11-4-2-1-3-5-11/h1-7,9H,8,10H2/q+1. The van der Waals surface area contributed by atoms with E-state index in [0.717, 1.165) is 5.56 Å². The van der Waals surface area contributed by atoms with Gasteiger partial charge in [0.1, 0.15) is 0 Å². The second kappa shape index (κ2) is 5.81. The van der Waals surface area contributed by atoms with Crippen LogP contribution in [-0.4, -0.2) is 22.2 Å². The van der Waals surface area contributed by atoms with Gasteiger partial charge in [0, 0.05) is 10.5 Å². The lowest BCUT2D eigenvalue weighted by Crippen LogP contribution is -2.35. The van der Waals surface area contributed by atoms with Gasteiger partial charge in [-0.2, -0.15) is 4.57 Å². The molecule has 0 spiro atoms. The van der Waals surface area contributed by atoms with Crippen molar-refractivity contribution in [1.82, 2.24) is 4.98 Å². The highest BCUT2D eigenvalue weighted by atomic mass is 16.6. The molecule has 0 N–H and O–H groups in total. The van der Waals surface area contributed by atoms with Crippen LogP contribution < -0.4 is 4.57 Å². The van der Waals surface area contributed by atoms with Crippen LogP contribution in [0.1, 0.15) is 16.1 Å². The summed E-state index contributed by atoms with van der Waals surface area (Å²) < 4.78 is 1.77. The lowest BCUT2D eigenvalue weighted by Gasteiger charge is -1.98. The quantitative estimate of drug-likeness (QED) is 0.345. The number of carbonyl (C=O) groups excluding carboxylic acids is 1. The molecule has 0 atom stereocenters. The van der Waals surface area contributed by atoms with Crippen molar-refractivity contribution < 1.29 is 14.3 Å². The van der Waals surface area contributed by atoms with Crippen molar-refractivity contribution in [1.29, 1.82) is 0 Å². The van der Waals surface area contributed by atoms with E-state index in [4.69, 9.17) is 0 Å². The van der Waals surface area contributed by atoms with E-state index in [1.165, 1.54) is 12.4 Å². The predicted octanol–water partition coefficient (Wildman–Crippen LogP) is 0.877. The molecule has 6 heteroatoms. The molecule has 0 aliphatic heterocycles. The molecule has 1 aromatic heterocycles. The predicted molar refractivity (Wildman–Crippen MR) is 66.2 cm³/mol. The molecule has 1 heterocycles. The summed E-state index contributed by atoms with van der Waals surface area (Å²) in [5.41, 5.74) is 1.18. The molecule has 6 nitrogen and oxygen atoms in total. The molecule has 96 valence electrons. The summed E-state index contributed by atoms with van der Waals surface area (Å²) in [6.07, 6.45) is 4.71. The minimum atomic E-state index is -0.734. The minimum Gasteiger partial charge on any atom is -0.285 e. The largest absolute Gasteiger partial charge is 0.285 e. The maximum atomic E-state index is 11.5. The first-order valence-corrected chi connectivity index (χ1v) is 5.69. The third kappa shape index (κ3) is 3.67. The van der Waals surface area contributed by atoms with Crippen LogP contribution in [0.4, 0.5) is 0 Å². The highest BCUT2D eigenvalue weighted by Crippen LogP contribution is 1.98. The van der Waals surface area contributed by atoms with Gasteiger partial charge in [0.25, 0.3) is 12.3 Å². The van der Waals surface area contributed by atoms with Crippen molar-refractivity contribution in [2.24, 2.45) is 0 Å². The molecule has 0 aliphatic carbocycles. The number of aromatic nitrogens is 2. The average Bonchev–Trinajstić information content (AvgIpc) is 2.39. The fourth-order valence-electron chi connectivity index (χ4n) is 1.67. The van der Waals surface area contributed by atoms with Gasteiger partial charge >= 0.3 is 0 Å². The van der Waals surface area contributed by atoms with Gasteiger partial charge in [-0.3, -0.25) is 14.9 Å². The molecular weight excluding hydrogens is 246 g/mol. The van der Waals surface area contributed by atoms with Crippen molar-refractivity contribution in [3.63, 3.8) is 0 Å². The van der Waals surface area contributed by atoms with Gasteiger partial charge in [0.15, 0.2) is 24.6 Å². The van der Waals surface area contributed by atoms with E-state index in [9.17, 15) is 14.9 Å². The van der Waals surface area contributed by atoms with Crippen LogP contribution >= 0.6 is 0 Å². The molecule has 0 radical (unpaired) electrons. The topological polar surface area (TPSA) is 77.0 Å². The van der Waals surface area contributed by atoms with Gasteiger partial charge in [0.2, 0.25) is 0 Å². The summed E-state index contributed by atoms with van der Waals surface area (Å²) >= 11 is 0. The Morgan fingerprint density at radius 1 is 1.32 bits per heavy atom. The molecule has 0 aliphatic rings. The monoisotopic (exact) mass is 258 g/mol. The minimum absolute atomic E-state index is 0.107. The number of nitro groups is 1. The van der Waals surface area contributed by atoms with E-state index >= 15 is 0 Å². The van der Waals surface area contributed by atoms with Crippen molar-refractivity contribution in [3.8, 4) is 0 Å². The summed E-state index contributed by atoms with van der Waals surface area (Å²) in [7, 11) is 0. The molecule has 2 aromatic rings. The van der Waals surface area contributed by atoms with E-state index in [2.05, 4.69) is 4.98 Å². The smallest absolute Gasteiger partial charge is 0.267 e.